The zero-order valence-electron chi connectivity index (χ0n) is 8.46. The predicted octanol–water partition coefficient (Wildman–Crippen LogP) is -1.08. The second-order valence-electron chi connectivity index (χ2n) is 3.81. The highest BCUT2D eigenvalue weighted by atomic mass is 16.2. The number of nitrogens with zero attached hydrogens (tertiary/aromatic N) is 2. The summed E-state index contributed by atoms with van der Waals surface area (Å²) in [5.74, 6) is 0. The molecule has 5 heteroatoms. The molecule has 2 amide bonds. The van der Waals surface area contributed by atoms with Gasteiger partial charge in [-0.1, -0.05) is 0 Å². The van der Waals surface area contributed by atoms with Gasteiger partial charge in [-0.25, -0.2) is 4.79 Å². The minimum Gasteiger partial charge on any atom is -0.336 e. The zero-order valence-corrected chi connectivity index (χ0v) is 8.46. The van der Waals surface area contributed by atoms with Crippen LogP contribution in [0.4, 0.5) is 4.79 Å². The Balaban J connectivity index is 1.68. The van der Waals surface area contributed by atoms with Gasteiger partial charge in [-0.3, -0.25) is 4.90 Å². The van der Waals surface area contributed by atoms with Gasteiger partial charge in [0, 0.05) is 52.4 Å². The molecule has 14 heavy (non-hydrogen) atoms. The lowest BCUT2D eigenvalue weighted by Crippen LogP contribution is -2.46. The number of rotatable bonds is 3. The van der Waals surface area contributed by atoms with Gasteiger partial charge in [0.05, 0.1) is 0 Å². The van der Waals surface area contributed by atoms with Crippen molar-refractivity contribution >= 4 is 6.03 Å². The van der Waals surface area contributed by atoms with E-state index in [-0.39, 0.29) is 6.03 Å². The number of hydrogen-bond donors (Lipinski definition) is 2. The minimum absolute atomic E-state index is 0.0973. The van der Waals surface area contributed by atoms with Gasteiger partial charge >= 0.3 is 6.03 Å². The van der Waals surface area contributed by atoms with Gasteiger partial charge in [-0.05, 0) is 0 Å². The van der Waals surface area contributed by atoms with Gasteiger partial charge in [0.2, 0.25) is 0 Å². The van der Waals surface area contributed by atoms with E-state index in [9.17, 15) is 4.79 Å². The van der Waals surface area contributed by atoms with Gasteiger partial charge in [0.1, 0.15) is 0 Å². The molecule has 0 aliphatic carbocycles. The summed E-state index contributed by atoms with van der Waals surface area (Å²) in [5, 5.41) is 6.13. The van der Waals surface area contributed by atoms with Crippen LogP contribution in [-0.2, 0) is 0 Å². The van der Waals surface area contributed by atoms with Gasteiger partial charge in [0.25, 0.3) is 0 Å². The second kappa shape index (κ2) is 4.61. The topological polar surface area (TPSA) is 47.6 Å². The van der Waals surface area contributed by atoms with Crippen LogP contribution in [-0.4, -0.2) is 68.2 Å². The van der Waals surface area contributed by atoms with Gasteiger partial charge in [0.15, 0.2) is 0 Å². The van der Waals surface area contributed by atoms with E-state index in [1.807, 2.05) is 4.90 Å². The van der Waals surface area contributed by atoms with Crippen LogP contribution in [0.3, 0.4) is 0 Å². The van der Waals surface area contributed by atoms with E-state index >= 15 is 0 Å². The van der Waals surface area contributed by atoms with Crippen molar-refractivity contribution in [1.29, 1.82) is 0 Å². The number of nitrogens with one attached hydrogen (secondary N) is 2. The number of carbonyl (C=O) groups is 1. The van der Waals surface area contributed by atoms with Crippen LogP contribution in [0, 0.1) is 0 Å². The van der Waals surface area contributed by atoms with E-state index in [4.69, 9.17) is 0 Å². The average Bonchev–Trinajstić information content (AvgIpc) is 2.63. The molecule has 0 saturated carbocycles. The molecule has 0 unspecified atom stereocenters. The Labute approximate surface area is 84.4 Å². The van der Waals surface area contributed by atoms with Crippen molar-refractivity contribution in [1.82, 2.24) is 20.4 Å². The van der Waals surface area contributed by atoms with Crippen LogP contribution in [0.1, 0.15) is 0 Å². The van der Waals surface area contributed by atoms with E-state index in [1.165, 1.54) is 0 Å². The Morgan fingerprint density at radius 2 is 1.86 bits per heavy atom. The summed E-state index contributed by atoms with van der Waals surface area (Å²) in [6.45, 7) is 7.91. The fourth-order valence-corrected chi connectivity index (χ4v) is 1.92. The molecule has 0 spiro atoms. The molecule has 5 nitrogen and oxygen atoms in total. The SMILES string of the molecule is O=C1NCCN1CCN1CCNCC1. The molecule has 0 radical (unpaired) electrons. The van der Waals surface area contributed by atoms with Crippen molar-refractivity contribution in [2.75, 3.05) is 52.4 Å². The third kappa shape index (κ3) is 2.36. The minimum atomic E-state index is 0.0973. The molecular weight excluding hydrogens is 180 g/mol. The lowest BCUT2D eigenvalue weighted by Gasteiger charge is -2.28. The van der Waals surface area contributed by atoms with E-state index in [1.54, 1.807) is 0 Å². The van der Waals surface area contributed by atoms with Crippen LogP contribution in [0.25, 0.3) is 0 Å². The number of carbonyl (C=O) groups excluding carboxylic acids is 1. The first kappa shape index (κ1) is 9.73. The van der Waals surface area contributed by atoms with Crippen molar-refractivity contribution < 1.29 is 4.79 Å². The molecule has 2 heterocycles. The molecule has 2 N–H and O–H groups in total. The fourth-order valence-electron chi connectivity index (χ4n) is 1.92. The molecule has 2 saturated heterocycles. The molecule has 0 bridgehead atoms. The normalized spacial score (nSPS) is 24.0. The third-order valence-corrected chi connectivity index (χ3v) is 2.84. The molecule has 2 aliphatic rings. The highest BCUT2D eigenvalue weighted by molar-refractivity contribution is 5.76. The molecule has 0 aromatic heterocycles. The van der Waals surface area contributed by atoms with E-state index in [0.29, 0.717) is 0 Å². The highest BCUT2D eigenvalue weighted by Crippen LogP contribution is 1.98. The van der Waals surface area contributed by atoms with E-state index in [0.717, 1.165) is 52.4 Å². The van der Waals surface area contributed by atoms with Crippen LogP contribution in [0.5, 0.6) is 0 Å². The van der Waals surface area contributed by atoms with Crippen LogP contribution >= 0.6 is 0 Å². The highest BCUT2D eigenvalue weighted by Gasteiger charge is 2.20. The molecule has 0 atom stereocenters. The van der Waals surface area contributed by atoms with Gasteiger partial charge in [-0.2, -0.15) is 0 Å². The smallest absolute Gasteiger partial charge is 0.317 e. The molecule has 2 rings (SSSR count). The maximum Gasteiger partial charge on any atom is 0.317 e. The predicted molar refractivity (Wildman–Crippen MR) is 54.3 cm³/mol. The summed E-state index contributed by atoms with van der Waals surface area (Å²) in [6, 6.07) is 0.0973. The van der Waals surface area contributed by atoms with Crippen LogP contribution in [0.2, 0.25) is 0 Å². The van der Waals surface area contributed by atoms with Crippen molar-refractivity contribution in [3.05, 3.63) is 0 Å². The molecule has 80 valence electrons. The quantitative estimate of drug-likeness (QED) is 0.606. The Morgan fingerprint density at radius 3 is 2.50 bits per heavy atom. The number of urea groups is 1. The van der Waals surface area contributed by atoms with Crippen LogP contribution < -0.4 is 10.6 Å². The first-order valence-corrected chi connectivity index (χ1v) is 5.32. The molecular formula is C9H18N4O. The van der Waals surface area contributed by atoms with Gasteiger partial charge < -0.3 is 15.5 Å². The second-order valence-corrected chi connectivity index (χ2v) is 3.81. The molecule has 2 fully saturated rings. The third-order valence-electron chi connectivity index (χ3n) is 2.84. The lowest BCUT2D eigenvalue weighted by molar-refractivity contribution is 0.193. The maximum absolute atomic E-state index is 11.2. The monoisotopic (exact) mass is 198 g/mol. The zero-order chi connectivity index (χ0) is 9.80. The summed E-state index contributed by atoms with van der Waals surface area (Å²) in [5.41, 5.74) is 0. The summed E-state index contributed by atoms with van der Waals surface area (Å²) < 4.78 is 0. The molecule has 0 aromatic carbocycles. The number of piperazine rings is 1. The van der Waals surface area contributed by atoms with E-state index in [2.05, 4.69) is 15.5 Å². The largest absolute Gasteiger partial charge is 0.336 e. The molecule has 2 aliphatic heterocycles. The average molecular weight is 198 g/mol. The first-order chi connectivity index (χ1) is 6.86. The summed E-state index contributed by atoms with van der Waals surface area (Å²) in [7, 11) is 0. The Bertz CT molecular complexity index is 203. The van der Waals surface area contributed by atoms with Crippen molar-refractivity contribution in [3.63, 3.8) is 0 Å². The standard InChI is InChI=1S/C9H18N4O/c14-9-11-3-6-13(9)8-7-12-4-1-10-2-5-12/h10H,1-8H2,(H,11,14). The maximum atomic E-state index is 11.2. The van der Waals surface area contributed by atoms with Crippen molar-refractivity contribution in [2.24, 2.45) is 0 Å². The van der Waals surface area contributed by atoms with Crippen molar-refractivity contribution in [2.45, 2.75) is 0 Å². The van der Waals surface area contributed by atoms with Crippen LogP contribution in [0.15, 0.2) is 0 Å². The Hall–Kier alpha value is -0.810. The lowest BCUT2D eigenvalue weighted by atomic mass is 10.3. The van der Waals surface area contributed by atoms with Gasteiger partial charge in [-0.15, -0.1) is 0 Å². The Morgan fingerprint density at radius 1 is 1.07 bits per heavy atom. The Kier molecular flexibility index (Phi) is 3.21. The summed E-state index contributed by atoms with van der Waals surface area (Å²) >= 11 is 0. The first-order valence-electron chi connectivity index (χ1n) is 5.32. The summed E-state index contributed by atoms with van der Waals surface area (Å²) in [4.78, 5) is 15.5. The number of amides is 2. The summed E-state index contributed by atoms with van der Waals surface area (Å²) in [6.07, 6.45) is 0. The van der Waals surface area contributed by atoms with Crippen molar-refractivity contribution in [3.8, 4) is 0 Å². The van der Waals surface area contributed by atoms with E-state index < -0.39 is 0 Å². The number of hydrogen-bond acceptors (Lipinski definition) is 3. The molecule has 0 aromatic rings. The fraction of sp³-hybridized carbons (Fsp3) is 0.889.